The molecule has 0 bridgehead atoms. The molecule has 3 rings (SSSR count). The summed E-state index contributed by atoms with van der Waals surface area (Å²) in [5.74, 6) is 0. The van der Waals surface area contributed by atoms with Crippen molar-refractivity contribution in [3.63, 3.8) is 0 Å². The maximum absolute atomic E-state index is 12.7. The van der Waals surface area contributed by atoms with Gasteiger partial charge in [0, 0.05) is 37.7 Å². The first-order chi connectivity index (χ1) is 13.0. The van der Waals surface area contributed by atoms with Crippen LogP contribution < -0.4 is 5.32 Å². The Labute approximate surface area is 171 Å². The number of rotatable bonds is 5. The van der Waals surface area contributed by atoms with E-state index in [4.69, 9.17) is 23.8 Å². The highest BCUT2D eigenvalue weighted by molar-refractivity contribution is 7.89. The number of benzene rings is 2. The van der Waals surface area contributed by atoms with E-state index in [1.165, 1.54) is 9.87 Å². The lowest BCUT2D eigenvalue weighted by atomic mass is 10.1. The molecule has 0 spiro atoms. The number of hydrogen-bond acceptors (Lipinski definition) is 3. The van der Waals surface area contributed by atoms with Crippen LogP contribution in [0.2, 0.25) is 5.02 Å². The van der Waals surface area contributed by atoms with Crippen molar-refractivity contribution in [1.82, 2.24) is 14.5 Å². The van der Waals surface area contributed by atoms with Gasteiger partial charge in [-0.1, -0.05) is 41.9 Å². The quantitative estimate of drug-likeness (QED) is 0.749. The first kappa shape index (κ1) is 20.1. The Balaban J connectivity index is 1.49. The Kier molecular flexibility index (Phi) is 6.70. The van der Waals surface area contributed by atoms with E-state index in [1.54, 1.807) is 24.3 Å². The number of sulfonamides is 1. The summed E-state index contributed by atoms with van der Waals surface area (Å²) < 4.78 is 26.9. The largest absolute Gasteiger partial charge is 0.362 e. The average Bonchev–Trinajstić information content (AvgIpc) is 2.69. The van der Waals surface area contributed by atoms with Gasteiger partial charge in [-0.25, -0.2) is 8.42 Å². The molecule has 0 saturated carbocycles. The van der Waals surface area contributed by atoms with Crippen LogP contribution in [0.15, 0.2) is 59.5 Å². The van der Waals surface area contributed by atoms with Crippen LogP contribution in [0.1, 0.15) is 5.56 Å². The van der Waals surface area contributed by atoms with Gasteiger partial charge in [-0.2, -0.15) is 4.31 Å². The molecule has 1 N–H and O–H groups in total. The molecule has 0 amide bonds. The molecule has 0 radical (unpaired) electrons. The molecule has 1 aliphatic rings. The Morgan fingerprint density at radius 1 is 1.00 bits per heavy atom. The van der Waals surface area contributed by atoms with Crippen molar-refractivity contribution in [2.75, 3.05) is 32.7 Å². The lowest BCUT2D eigenvalue weighted by molar-refractivity contribution is 0.264. The van der Waals surface area contributed by atoms with Gasteiger partial charge >= 0.3 is 0 Å². The summed E-state index contributed by atoms with van der Waals surface area (Å²) in [5.41, 5.74) is 1.26. The third kappa shape index (κ3) is 5.19. The smallest absolute Gasteiger partial charge is 0.243 e. The van der Waals surface area contributed by atoms with Crippen LogP contribution in [0.5, 0.6) is 0 Å². The number of nitrogens with zero attached hydrogens (tertiary/aromatic N) is 2. The molecule has 1 fully saturated rings. The molecule has 0 unspecified atom stereocenters. The number of thiocarbonyl (C=S) groups is 1. The number of nitrogens with one attached hydrogen (secondary N) is 1. The van der Waals surface area contributed by atoms with Crippen LogP contribution in [0.4, 0.5) is 0 Å². The third-order valence-electron chi connectivity index (χ3n) is 4.51. The second kappa shape index (κ2) is 9.01. The van der Waals surface area contributed by atoms with E-state index in [-0.39, 0.29) is 4.90 Å². The van der Waals surface area contributed by atoms with E-state index in [1.807, 2.05) is 23.1 Å². The summed E-state index contributed by atoms with van der Waals surface area (Å²) in [6.07, 6.45) is 0.895. The molecule has 5 nitrogen and oxygen atoms in total. The molecule has 0 aromatic heterocycles. The molecule has 1 aliphatic heterocycles. The summed E-state index contributed by atoms with van der Waals surface area (Å²) >= 11 is 11.3. The van der Waals surface area contributed by atoms with Gasteiger partial charge in [-0.15, -0.1) is 0 Å². The number of piperazine rings is 1. The van der Waals surface area contributed by atoms with E-state index in [0.717, 1.165) is 13.0 Å². The van der Waals surface area contributed by atoms with Crippen LogP contribution >= 0.6 is 23.8 Å². The zero-order chi connectivity index (χ0) is 19.3. The molecular weight excluding hydrogens is 402 g/mol. The van der Waals surface area contributed by atoms with E-state index < -0.39 is 10.0 Å². The fraction of sp³-hybridized carbons (Fsp3) is 0.316. The van der Waals surface area contributed by atoms with Crippen molar-refractivity contribution in [3.05, 3.63) is 65.2 Å². The lowest BCUT2D eigenvalue weighted by Crippen LogP contribution is -2.53. The van der Waals surface area contributed by atoms with Crippen LogP contribution in [0.3, 0.4) is 0 Å². The minimum atomic E-state index is -3.50. The summed E-state index contributed by atoms with van der Waals surface area (Å²) in [6, 6.07) is 16.5. The fourth-order valence-electron chi connectivity index (χ4n) is 2.96. The minimum absolute atomic E-state index is 0.268. The molecule has 1 heterocycles. The summed E-state index contributed by atoms with van der Waals surface area (Å²) in [5, 5.41) is 4.46. The van der Waals surface area contributed by atoms with Gasteiger partial charge in [0.15, 0.2) is 5.11 Å². The maximum atomic E-state index is 12.7. The van der Waals surface area contributed by atoms with Crippen molar-refractivity contribution in [3.8, 4) is 0 Å². The van der Waals surface area contributed by atoms with Gasteiger partial charge in [-0.3, -0.25) is 0 Å². The van der Waals surface area contributed by atoms with Gasteiger partial charge in [0.05, 0.1) is 4.90 Å². The number of hydrogen-bond donors (Lipinski definition) is 1. The van der Waals surface area contributed by atoms with Crippen LogP contribution in [0, 0.1) is 0 Å². The van der Waals surface area contributed by atoms with Gasteiger partial charge < -0.3 is 10.2 Å². The van der Waals surface area contributed by atoms with Crippen LogP contribution in [-0.4, -0.2) is 55.5 Å². The Morgan fingerprint density at radius 2 is 1.63 bits per heavy atom. The Morgan fingerprint density at radius 3 is 2.26 bits per heavy atom. The van der Waals surface area contributed by atoms with Gasteiger partial charge in [-0.05, 0) is 48.5 Å². The van der Waals surface area contributed by atoms with E-state index in [2.05, 4.69) is 17.4 Å². The molecule has 8 heteroatoms. The molecule has 0 atom stereocenters. The maximum Gasteiger partial charge on any atom is 0.243 e. The Hall–Kier alpha value is -1.67. The van der Waals surface area contributed by atoms with E-state index in [0.29, 0.717) is 36.3 Å². The minimum Gasteiger partial charge on any atom is -0.362 e. The highest BCUT2D eigenvalue weighted by Gasteiger charge is 2.29. The van der Waals surface area contributed by atoms with Gasteiger partial charge in [0.1, 0.15) is 0 Å². The molecule has 2 aromatic rings. The third-order valence-corrected chi connectivity index (χ3v) is 7.08. The summed E-state index contributed by atoms with van der Waals surface area (Å²) in [4.78, 5) is 2.29. The van der Waals surface area contributed by atoms with E-state index >= 15 is 0 Å². The van der Waals surface area contributed by atoms with Crippen molar-refractivity contribution >= 4 is 39.0 Å². The molecule has 2 aromatic carbocycles. The predicted molar refractivity (Wildman–Crippen MR) is 113 cm³/mol. The topological polar surface area (TPSA) is 52.7 Å². The first-order valence-electron chi connectivity index (χ1n) is 8.79. The molecular formula is C19H22ClN3O2S2. The average molecular weight is 424 g/mol. The first-order valence-corrected chi connectivity index (χ1v) is 11.0. The SMILES string of the molecule is O=S(=O)(c1ccc(Cl)cc1)N1CCN(C(=S)NCCc2ccccc2)CC1. The molecule has 0 aliphatic carbocycles. The second-order valence-electron chi connectivity index (χ2n) is 6.31. The van der Waals surface area contributed by atoms with Gasteiger partial charge in [0.2, 0.25) is 10.0 Å². The lowest BCUT2D eigenvalue weighted by Gasteiger charge is -2.35. The zero-order valence-corrected chi connectivity index (χ0v) is 17.2. The second-order valence-corrected chi connectivity index (χ2v) is 9.07. The van der Waals surface area contributed by atoms with E-state index in [9.17, 15) is 8.42 Å². The monoisotopic (exact) mass is 423 g/mol. The zero-order valence-electron chi connectivity index (χ0n) is 14.8. The van der Waals surface area contributed by atoms with Crippen LogP contribution in [-0.2, 0) is 16.4 Å². The fourth-order valence-corrected chi connectivity index (χ4v) is 4.79. The van der Waals surface area contributed by atoms with Crippen molar-refractivity contribution in [2.24, 2.45) is 0 Å². The normalized spacial score (nSPS) is 15.5. The Bertz CT molecular complexity index is 866. The summed E-state index contributed by atoms with van der Waals surface area (Å²) in [6.45, 7) is 2.72. The van der Waals surface area contributed by atoms with Crippen LogP contribution in [0.25, 0.3) is 0 Å². The van der Waals surface area contributed by atoms with Crippen molar-refractivity contribution in [1.29, 1.82) is 0 Å². The standard InChI is InChI=1S/C19H22ClN3O2S2/c20-17-6-8-18(9-7-17)27(24,25)23-14-12-22(13-15-23)19(26)21-11-10-16-4-2-1-3-5-16/h1-9H,10-15H2,(H,21,26). The predicted octanol–water partition coefficient (Wildman–Crippen LogP) is 2.76. The number of halogens is 1. The molecule has 144 valence electrons. The van der Waals surface area contributed by atoms with Gasteiger partial charge in [0.25, 0.3) is 0 Å². The van der Waals surface area contributed by atoms with Crippen molar-refractivity contribution < 1.29 is 8.42 Å². The summed E-state index contributed by atoms with van der Waals surface area (Å²) in [7, 11) is -3.50. The highest BCUT2D eigenvalue weighted by atomic mass is 35.5. The molecule has 1 saturated heterocycles. The van der Waals surface area contributed by atoms with Crippen molar-refractivity contribution in [2.45, 2.75) is 11.3 Å². The molecule has 27 heavy (non-hydrogen) atoms. The highest BCUT2D eigenvalue weighted by Crippen LogP contribution is 2.19.